The zero-order chi connectivity index (χ0) is 14.7. The van der Waals surface area contributed by atoms with Gasteiger partial charge in [0.2, 0.25) is 0 Å². The topological polar surface area (TPSA) is 53.1 Å². The number of hydrogen-bond acceptors (Lipinski definition) is 3. The van der Waals surface area contributed by atoms with Crippen LogP contribution in [0.15, 0.2) is 12.3 Å². The number of nitrogens with zero attached hydrogens (tertiary/aromatic N) is 2. The average Bonchev–Trinajstić information content (AvgIpc) is 3.18. The van der Waals surface area contributed by atoms with Gasteiger partial charge in [0.15, 0.2) is 0 Å². The van der Waals surface area contributed by atoms with Crippen molar-refractivity contribution in [2.75, 3.05) is 7.11 Å². The van der Waals surface area contributed by atoms with Gasteiger partial charge in [0.25, 0.3) is 0 Å². The van der Waals surface area contributed by atoms with E-state index in [-0.39, 0.29) is 11.6 Å². The Labute approximate surface area is 128 Å². The van der Waals surface area contributed by atoms with Gasteiger partial charge in [-0.1, -0.05) is 32.1 Å². The Bertz CT molecular complexity index is 445. The molecule has 1 aromatic rings. The van der Waals surface area contributed by atoms with Gasteiger partial charge in [-0.05, 0) is 31.7 Å². The summed E-state index contributed by atoms with van der Waals surface area (Å²) < 4.78 is 7.97. The molecule has 2 aliphatic rings. The summed E-state index contributed by atoms with van der Waals surface area (Å²) >= 11 is 0. The molecule has 2 fully saturated rings. The first-order chi connectivity index (χ1) is 10.2. The minimum Gasteiger partial charge on any atom is -0.377 e. The highest BCUT2D eigenvalue weighted by atomic mass is 16.5. The summed E-state index contributed by atoms with van der Waals surface area (Å²) in [6.45, 7) is 0. The van der Waals surface area contributed by atoms with Crippen LogP contribution in [0.2, 0.25) is 0 Å². The molecule has 21 heavy (non-hydrogen) atoms. The molecular formula is C17H29N3O. The Morgan fingerprint density at radius 1 is 1.29 bits per heavy atom. The normalized spacial score (nSPS) is 24.3. The maximum absolute atomic E-state index is 6.47. The number of hydrogen-bond donors (Lipinski definition) is 1. The SMILES string of the molecule is COC1(C(N)Cc2ccn(C3CCCCC3)n2)CCCC1. The Morgan fingerprint density at radius 2 is 2.00 bits per heavy atom. The lowest BCUT2D eigenvalue weighted by Gasteiger charge is -2.33. The highest BCUT2D eigenvalue weighted by molar-refractivity contribution is 5.07. The van der Waals surface area contributed by atoms with E-state index in [4.69, 9.17) is 15.6 Å². The van der Waals surface area contributed by atoms with Crippen LogP contribution in [0.25, 0.3) is 0 Å². The largest absolute Gasteiger partial charge is 0.377 e. The average molecular weight is 291 g/mol. The molecule has 0 radical (unpaired) electrons. The van der Waals surface area contributed by atoms with Crippen molar-refractivity contribution in [2.24, 2.45) is 5.73 Å². The third kappa shape index (κ3) is 3.16. The molecule has 0 aliphatic heterocycles. The summed E-state index contributed by atoms with van der Waals surface area (Å²) in [5.41, 5.74) is 7.48. The van der Waals surface area contributed by atoms with Crippen molar-refractivity contribution in [1.82, 2.24) is 9.78 Å². The van der Waals surface area contributed by atoms with Crippen molar-refractivity contribution in [3.63, 3.8) is 0 Å². The van der Waals surface area contributed by atoms with Gasteiger partial charge >= 0.3 is 0 Å². The predicted molar refractivity (Wildman–Crippen MR) is 84.2 cm³/mol. The lowest BCUT2D eigenvalue weighted by Crippen LogP contribution is -2.48. The molecule has 118 valence electrons. The van der Waals surface area contributed by atoms with E-state index in [9.17, 15) is 0 Å². The summed E-state index contributed by atoms with van der Waals surface area (Å²) in [7, 11) is 1.81. The first-order valence-electron chi connectivity index (χ1n) is 8.58. The Hall–Kier alpha value is -0.870. The van der Waals surface area contributed by atoms with Crippen LogP contribution >= 0.6 is 0 Å². The third-order valence-corrected chi connectivity index (χ3v) is 5.57. The van der Waals surface area contributed by atoms with Gasteiger partial charge in [-0.3, -0.25) is 4.68 Å². The smallest absolute Gasteiger partial charge is 0.0832 e. The van der Waals surface area contributed by atoms with E-state index in [0.717, 1.165) is 25.0 Å². The molecule has 1 heterocycles. The molecule has 1 unspecified atom stereocenters. The van der Waals surface area contributed by atoms with Gasteiger partial charge in [0, 0.05) is 25.8 Å². The number of aromatic nitrogens is 2. The van der Waals surface area contributed by atoms with Crippen LogP contribution in [-0.2, 0) is 11.2 Å². The standard InChI is InChI=1S/C17H29N3O/c1-21-17(10-5-6-11-17)16(18)13-14-9-12-20(19-14)15-7-3-2-4-8-15/h9,12,15-16H,2-8,10-11,13,18H2,1H3. The van der Waals surface area contributed by atoms with Crippen molar-refractivity contribution >= 4 is 0 Å². The predicted octanol–water partition coefficient (Wildman–Crippen LogP) is 3.22. The summed E-state index contributed by atoms with van der Waals surface area (Å²) in [4.78, 5) is 0. The van der Waals surface area contributed by atoms with Crippen molar-refractivity contribution < 1.29 is 4.74 Å². The van der Waals surface area contributed by atoms with E-state index >= 15 is 0 Å². The summed E-state index contributed by atoms with van der Waals surface area (Å²) in [6.07, 6.45) is 14.2. The maximum atomic E-state index is 6.47. The van der Waals surface area contributed by atoms with Gasteiger partial charge in [0.1, 0.15) is 0 Å². The third-order valence-electron chi connectivity index (χ3n) is 5.57. The second kappa shape index (κ2) is 6.49. The zero-order valence-corrected chi connectivity index (χ0v) is 13.3. The van der Waals surface area contributed by atoms with Gasteiger partial charge < -0.3 is 10.5 Å². The van der Waals surface area contributed by atoms with Crippen LogP contribution in [0, 0.1) is 0 Å². The van der Waals surface area contributed by atoms with Crippen molar-refractivity contribution in [3.8, 4) is 0 Å². The number of nitrogens with two attached hydrogens (primary N) is 1. The molecule has 2 saturated carbocycles. The molecule has 0 aromatic carbocycles. The molecule has 1 aromatic heterocycles. The van der Waals surface area contributed by atoms with Crippen molar-refractivity contribution in [3.05, 3.63) is 18.0 Å². The fourth-order valence-corrected chi connectivity index (χ4v) is 4.15. The second-order valence-corrected chi connectivity index (χ2v) is 6.87. The summed E-state index contributed by atoms with van der Waals surface area (Å²) in [5.74, 6) is 0. The number of ether oxygens (including phenoxy) is 1. The zero-order valence-electron chi connectivity index (χ0n) is 13.3. The van der Waals surface area contributed by atoms with E-state index in [1.165, 1.54) is 44.9 Å². The molecule has 4 nitrogen and oxygen atoms in total. The first-order valence-corrected chi connectivity index (χ1v) is 8.58. The van der Waals surface area contributed by atoms with Crippen LogP contribution in [0.3, 0.4) is 0 Å². The first kappa shape index (κ1) is 15.0. The highest BCUT2D eigenvalue weighted by Gasteiger charge is 2.39. The van der Waals surface area contributed by atoms with E-state index < -0.39 is 0 Å². The molecule has 2 N–H and O–H groups in total. The Morgan fingerprint density at radius 3 is 2.67 bits per heavy atom. The lowest BCUT2D eigenvalue weighted by molar-refractivity contribution is -0.0256. The van der Waals surface area contributed by atoms with Crippen LogP contribution in [0.4, 0.5) is 0 Å². The molecule has 3 rings (SSSR count). The lowest BCUT2D eigenvalue weighted by atomic mass is 9.89. The summed E-state index contributed by atoms with van der Waals surface area (Å²) in [5, 5.41) is 4.79. The minimum atomic E-state index is -0.116. The van der Waals surface area contributed by atoms with Gasteiger partial charge in [-0.2, -0.15) is 5.10 Å². The van der Waals surface area contributed by atoms with Gasteiger partial charge in [-0.25, -0.2) is 0 Å². The number of rotatable bonds is 5. The second-order valence-electron chi connectivity index (χ2n) is 6.87. The van der Waals surface area contributed by atoms with Gasteiger partial charge in [-0.15, -0.1) is 0 Å². The van der Waals surface area contributed by atoms with Crippen LogP contribution < -0.4 is 5.73 Å². The fourth-order valence-electron chi connectivity index (χ4n) is 4.15. The Kier molecular flexibility index (Phi) is 4.65. The molecule has 1 atom stereocenters. The molecule has 0 bridgehead atoms. The van der Waals surface area contributed by atoms with Crippen LogP contribution in [0.5, 0.6) is 0 Å². The quantitative estimate of drug-likeness (QED) is 0.906. The minimum absolute atomic E-state index is 0.0553. The van der Waals surface area contributed by atoms with E-state index in [2.05, 4.69) is 16.9 Å². The van der Waals surface area contributed by atoms with Crippen LogP contribution in [-0.4, -0.2) is 28.5 Å². The molecule has 0 saturated heterocycles. The molecule has 4 heteroatoms. The summed E-state index contributed by atoms with van der Waals surface area (Å²) in [6, 6.07) is 2.80. The maximum Gasteiger partial charge on any atom is 0.0832 e. The molecular weight excluding hydrogens is 262 g/mol. The molecule has 0 amide bonds. The van der Waals surface area contributed by atoms with Crippen LogP contribution in [0.1, 0.15) is 69.5 Å². The van der Waals surface area contributed by atoms with Gasteiger partial charge in [0.05, 0.1) is 17.3 Å². The fraction of sp³-hybridized carbons (Fsp3) is 0.824. The van der Waals surface area contributed by atoms with E-state index in [1.807, 2.05) is 7.11 Å². The monoisotopic (exact) mass is 291 g/mol. The van der Waals surface area contributed by atoms with E-state index in [1.54, 1.807) is 0 Å². The molecule has 0 spiro atoms. The number of methoxy groups -OCH3 is 1. The van der Waals surface area contributed by atoms with Crippen molar-refractivity contribution in [1.29, 1.82) is 0 Å². The molecule has 2 aliphatic carbocycles. The van der Waals surface area contributed by atoms with E-state index in [0.29, 0.717) is 6.04 Å². The Balaban J connectivity index is 1.63. The highest BCUT2D eigenvalue weighted by Crippen LogP contribution is 2.36. The van der Waals surface area contributed by atoms with Crippen molar-refractivity contribution in [2.45, 2.75) is 81.9 Å².